The average molecular weight is 481 g/mol. The summed E-state index contributed by atoms with van der Waals surface area (Å²) in [5.74, 6) is 1.28. The van der Waals surface area contributed by atoms with E-state index in [9.17, 15) is 0 Å². The van der Waals surface area contributed by atoms with Gasteiger partial charge in [0.15, 0.2) is 0 Å². The van der Waals surface area contributed by atoms with Crippen LogP contribution in [0.3, 0.4) is 0 Å². The van der Waals surface area contributed by atoms with Gasteiger partial charge in [-0.3, -0.25) is 0 Å². The summed E-state index contributed by atoms with van der Waals surface area (Å²) in [7, 11) is 0. The summed E-state index contributed by atoms with van der Waals surface area (Å²) >= 11 is 1.67. The molecule has 0 radical (unpaired) electrons. The minimum atomic E-state index is 0.135. The summed E-state index contributed by atoms with van der Waals surface area (Å²) in [6, 6.07) is 20.7. The number of aryl methyl sites for hydroxylation is 1. The molecule has 0 aliphatic carbocycles. The maximum atomic E-state index is 9.16. The van der Waals surface area contributed by atoms with Gasteiger partial charge in [0.2, 0.25) is 5.95 Å². The Kier molecular flexibility index (Phi) is 5.52. The first-order chi connectivity index (χ1) is 17.2. The normalized spacial score (nSPS) is 11.5. The molecule has 8 heteroatoms. The number of benzene rings is 3. The predicted molar refractivity (Wildman–Crippen MR) is 145 cm³/mol. The molecule has 7 nitrogen and oxygen atoms in total. The van der Waals surface area contributed by atoms with Crippen LogP contribution in [0.25, 0.3) is 42.6 Å². The van der Waals surface area contributed by atoms with Crippen LogP contribution in [-0.4, -0.2) is 38.2 Å². The molecule has 0 fully saturated rings. The number of aliphatic hydroxyl groups excluding tert-OH is 1. The number of nitrogens with one attached hydrogen (secondary N) is 3. The Morgan fingerprint density at radius 3 is 2.77 bits per heavy atom. The molecule has 4 N–H and O–H groups in total. The van der Waals surface area contributed by atoms with E-state index >= 15 is 0 Å². The molecule has 0 atom stereocenters. The first kappa shape index (κ1) is 21.5. The molecule has 0 unspecified atom stereocenters. The topological polar surface area (TPSA) is 98.8 Å². The molecular formula is C27H24N6OS. The summed E-state index contributed by atoms with van der Waals surface area (Å²) in [5.41, 5.74) is 6.11. The molecule has 0 saturated heterocycles. The van der Waals surface area contributed by atoms with Crippen molar-refractivity contribution in [2.45, 2.75) is 13.3 Å². The standard InChI is InChI=1S/C27H24N6OS/c1-16-3-6-22-20(13-16)25(29-10-2-12-34)33-27(32-22)30-19-5-8-23-24(15-19)35-26(31-23)18-4-7-21-17(14-18)9-11-28-21/h3-9,11,13-15,28,34H,2,10,12H2,1H3,(H2,29,30,32,33). The Hall–Kier alpha value is -4.01. The van der Waals surface area contributed by atoms with E-state index in [1.54, 1.807) is 11.3 Å². The minimum Gasteiger partial charge on any atom is -0.396 e. The van der Waals surface area contributed by atoms with Gasteiger partial charge in [-0.05, 0) is 67.9 Å². The van der Waals surface area contributed by atoms with Crippen molar-refractivity contribution < 1.29 is 5.11 Å². The van der Waals surface area contributed by atoms with E-state index in [4.69, 9.17) is 20.1 Å². The lowest BCUT2D eigenvalue weighted by Gasteiger charge is -2.12. The lowest BCUT2D eigenvalue weighted by atomic mass is 10.1. The monoisotopic (exact) mass is 480 g/mol. The zero-order valence-electron chi connectivity index (χ0n) is 19.2. The molecule has 0 bridgehead atoms. The van der Waals surface area contributed by atoms with Gasteiger partial charge >= 0.3 is 0 Å². The van der Waals surface area contributed by atoms with Crippen LogP contribution in [0.15, 0.2) is 66.9 Å². The molecular weight excluding hydrogens is 456 g/mol. The number of nitrogens with zero attached hydrogens (tertiary/aromatic N) is 3. The third-order valence-electron chi connectivity index (χ3n) is 5.92. The zero-order valence-corrected chi connectivity index (χ0v) is 20.0. The highest BCUT2D eigenvalue weighted by Crippen LogP contribution is 2.34. The SMILES string of the molecule is Cc1ccc2nc(Nc3ccc4nc(-c5ccc6[nH]ccc6c5)sc4c3)nc(NCCCO)c2c1. The van der Waals surface area contributed by atoms with Gasteiger partial charge in [0.05, 0.1) is 15.7 Å². The number of thiazole rings is 1. The lowest BCUT2D eigenvalue weighted by molar-refractivity contribution is 0.292. The third-order valence-corrected chi connectivity index (χ3v) is 6.99. The number of hydrogen-bond donors (Lipinski definition) is 4. The second-order valence-electron chi connectivity index (χ2n) is 8.53. The van der Waals surface area contributed by atoms with E-state index in [1.807, 2.05) is 30.5 Å². The van der Waals surface area contributed by atoms with Gasteiger partial charge in [-0.25, -0.2) is 9.97 Å². The molecule has 0 spiro atoms. The molecule has 6 rings (SSSR count). The van der Waals surface area contributed by atoms with E-state index in [1.165, 1.54) is 5.39 Å². The van der Waals surface area contributed by atoms with Crippen LogP contribution >= 0.6 is 11.3 Å². The Bertz CT molecular complexity index is 1670. The smallest absolute Gasteiger partial charge is 0.229 e. The molecule has 0 aliphatic heterocycles. The van der Waals surface area contributed by atoms with Crippen LogP contribution in [0.1, 0.15) is 12.0 Å². The summed E-state index contributed by atoms with van der Waals surface area (Å²) in [5, 5.41) is 19.0. The molecule has 3 aromatic carbocycles. The number of fused-ring (bicyclic) bond motifs is 3. The van der Waals surface area contributed by atoms with Crippen molar-refractivity contribution in [3.05, 3.63) is 72.4 Å². The van der Waals surface area contributed by atoms with Crippen molar-refractivity contribution in [2.75, 3.05) is 23.8 Å². The lowest BCUT2D eigenvalue weighted by Crippen LogP contribution is -2.08. The molecule has 0 aliphatic rings. The Morgan fingerprint density at radius 2 is 1.86 bits per heavy atom. The van der Waals surface area contributed by atoms with Crippen molar-refractivity contribution in [1.82, 2.24) is 19.9 Å². The van der Waals surface area contributed by atoms with Gasteiger partial charge in [0.1, 0.15) is 10.8 Å². The highest BCUT2D eigenvalue weighted by Gasteiger charge is 2.11. The highest BCUT2D eigenvalue weighted by atomic mass is 32.1. The van der Waals surface area contributed by atoms with Gasteiger partial charge in [-0.2, -0.15) is 4.98 Å². The van der Waals surface area contributed by atoms with Gasteiger partial charge in [-0.15, -0.1) is 11.3 Å². The van der Waals surface area contributed by atoms with Crippen LogP contribution < -0.4 is 10.6 Å². The highest BCUT2D eigenvalue weighted by molar-refractivity contribution is 7.21. The van der Waals surface area contributed by atoms with Gasteiger partial charge in [-0.1, -0.05) is 11.6 Å². The van der Waals surface area contributed by atoms with Crippen molar-refractivity contribution in [3.8, 4) is 10.6 Å². The fourth-order valence-electron chi connectivity index (χ4n) is 4.16. The van der Waals surface area contributed by atoms with Crippen molar-refractivity contribution in [2.24, 2.45) is 0 Å². The van der Waals surface area contributed by atoms with Crippen molar-refractivity contribution in [1.29, 1.82) is 0 Å². The van der Waals surface area contributed by atoms with E-state index in [0.717, 1.165) is 54.3 Å². The number of anilines is 3. The maximum absolute atomic E-state index is 9.16. The maximum Gasteiger partial charge on any atom is 0.229 e. The quantitative estimate of drug-likeness (QED) is 0.202. The van der Waals surface area contributed by atoms with Gasteiger partial charge < -0.3 is 20.7 Å². The van der Waals surface area contributed by atoms with Crippen LogP contribution in [0.2, 0.25) is 0 Å². The van der Waals surface area contributed by atoms with Crippen LogP contribution in [0, 0.1) is 6.92 Å². The second kappa shape index (κ2) is 8.98. The average Bonchev–Trinajstić information content (AvgIpc) is 3.50. The Morgan fingerprint density at radius 1 is 0.943 bits per heavy atom. The molecule has 6 aromatic rings. The fourth-order valence-corrected chi connectivity index (χ4v) is 5.16. The second-order valence-corrected chi connectivity index (χ2v) is 9.56. The number of H-pyrrole nitrogens is 1. The summed E-state index contributed by atoms with van der Waals surface area (Å²) < 4.78 is 1.09. The van der Waals surface area contributed by atoms with Crippen LogP contribution in [0.4, 0.5) is 17.5 Å². The number of aromatic nitrogens is 4. The number of aromatic amines is 1. The van der Waals surface area contributed by atoms with Crippen LogP contribution in [0.5, 0.6) is 0 Å². The van der Waals surface area contributed by atoms with Gasteiger partial charge in [0.25, 0.3) is 0 Å². The van der Waals surface area contributed by atoms with E-state index < -0.39 is 0 Å². The predicted octanol–water partition coefficient (Wildman–Crippen LogP) is 6.23. The fraction of sp³-hybridized carbons (Fsp3) is 0.148. The molecule has 174 valence electrons. The minimum absolute atomic E-state index is 0.135. The zero-order chi connectivity index (χ0) is 23.8. The van der Waals surface area contributed by atoms with E-state index in [0.29, 0.717) is 18.9 Å². The molecule has 3 aromatic heterocycles. The van der Waals surface area contributed by atoms with E-state index in [2.05, 4.69) is 58.9 Å². The number of aliphatic hydroxyl groups is 1. The molecule has 0 saturated carbocycles. The number of rotatable bonds is 7. The largest absolute Gasteiger partial charge is 0.396 e. The van der Waals surface area contributed by atoms with Gasteiger partial charge in [0, 0.05) is 46.9 Å². The first-order valence-corrected chi connectivity index (χ1v) is 12.4. The Labute approximate surface area is 205 Å². The first-order valence-electron chi connectivity index (χ1n) is 11.5. The number of hydrogen-bond acceptors (Lipinski definition) is 7. The van der Waals surface area contributed by atoms with Crippen molar-refractivity contribution >= 4 is 60.8 Å². The molecule has 0 amide bonds. The van der Waals surface area contributed by atoms with E-state index in [-0.39, 0.29) is 6.61 Å². The summed E-state index contributed by atoms with van der Waals surface area (Å²) in [6.45, 7) is 2.83. The summed E-state index contributed by atoms with van der Waals surface area (Å²) in [4.78, 5) is 17.5. The van der Waals surface area contributed by atoms with Crippen molar-refractivity contribution in [3.63, 3.8) is 0 Å². The third kappa shape index (κ3) is 4.29. The molecule has 35 heavy (non-hydrogen) atoms. The molecule has 3 heterocycles. The Balaban J connectivity index is 1.32. The summed E-state index contributed by atoms with van der Waals surface area (Å²) in [6.07, 6.45) is 2.61. The van der Waals surface area contributed by atoms with Crippen LogP contribution in [-0.2, 0) is 0 Å².